The van der Waals surface area contributed by atoms with Gasteiger partial charge in [-0.1, -0.05) is 190 Å². The molecule has 2 aliphatic carbocycles. The van der Waals surface area contributed by atoms with Crippen molar-refractivity contribution >= 4 is 27.8 Å². The first kappa shape index (κ1) is 37.1. The Morgan fingerprint density at radius 1 is 0.286 bits per heavy atom. The molecule has 2 aliphatic rings. The largest absolute Gasteiger partial charge is 0.310 e. The van der Waals surface area contributed by atoms with Crippen LogP contribution in [0.25, 0.3) is 55.3 Å². The predicted molar refractivity (Wildman–Crippen MR) is 264 cm³/mol. The average Bonchev–Trinajstić information content (AvgIpc) is 3.76. The molecule has 10 aromatic rings. The quantitative estimate of drug-likeness (QED) is 0.155. The summed E-state index contributed by atoms with van der Waals surface area (Å²) in [7, 11) is 0. The molecule has 10 aromatic carbocycles. The molecule has 1 unspecified atom stereocenters. The first-order valence-corrected chi connectivity index (χ1v) is 22.1. The minimum Gasteiger partial charge on any atom is -0.310 e. The summed E-state index contributed by atoms with van der Waals surface area (Å²) in [6, 6.07) is 87.8. The molecule has 1 atom stereocenters. The molecule has 0 saturated carbocycles. The summed E-state index contributed by atoms with van der Waals surface area (Å²) in [5, 5.41) is 2.49. The van der Waals surface area contributed by atoms with Gasteiger partial charge in [0.05, 0.1) is 5.41 Å². The number of nitrogens with zero attached hydrogens (tertiary/aromatic N) is 1. The molecule has 12 rings (SSSR count). The van der Waals surface area contributed by atoms with Crippen molar-refractivity contribution in [2.45, 2.75) is 24.7 Å². The monoisotopic (exact) mass is 803 g/mol. The van der Waals surface area contributed by atoms with Crippen LogP contribution in [0.2, 0.25) is 0 Å². The molecule has 1 heteroatoms. The van der Waals surface area contributed by atoms with Crippen LogP contribution in [0.4, 0.5) is 17.1 Å². The fourth-order valence-corrected chi connectivity index (χ4v) is 10.9. The molecule has 0 amide bonds. The SMILES string of the molecule is CC1(C)c2ccccc2-c2cc(C3(c4ccc(-c5cccc(N(c6ccccc6)c6ccccc6)c5)cc4)c4ccccc4-c4cc5cc(-c6ccccc6)ccc5cc43)ccc21. The lowest BCUT2D eigenvalue weighted by Gasteiger charge is -2.35. The summed E-state index contributed by atoms with van der Waals surface area (Å²) in [5.74, 6) is 0. The van der Waals surface area contributed by atoms with Gasteiger partial charge in [0.1, 0.15) is 0 Å². The number of hydrogen-bond acceptors (Lipinski definition) is 1. The third-order valence-electron chi connectivity index (χ3n) is 13.9. The van der Waals surface area contributed by atoms with Crippen LogP contribution >= 0.6 is 0 Å². The van der Waals surface area contributed by atoms with E-state index < -0.39 is 5.41 Å². The molecule has 1 nitrogen and oxygen atoms in total. The molecule has 0 aliphatic heterocycles. The van der Waals surface area contributed by atoms with E-state index in [0.29, 0.717) is 0 Å². The van der Waals surface area contributed by atoms with Crippen molar-refractivity contribution < 1.29 is 0 Å². The highest BCUT2D eigenvalue weighted by atomic mass is 15.1. The van der Waals surface area contributed by atoms with Gasteiger partial charge in [-0.3, -0.25) is 0 Å². The molecular weight excluding hydrogens is 759 g/mol. The van der Waals surface area contributed by atoms with Gasteiger partial charge in [0.25, 0.3) is 0 Å². The molecule has 0 fully saturated rings. The second-order valence-corrected chi connectivity index (χ2v) is 17.7. The van der Waals surface area contributed by atoms with E-state index in [1.54, 1.807) is 0 Å². The van der Waals surface area contributed by atoms with E-state index in [0.717, 1.165) is 17.1 Å². The van der Waals surface area contributed by atoms with Crippen LogP contribution in [0.3, 0.4) is 0 Å². The standard InChI is InChI=1S/C62H45N/c1-61(2)57-27-14-12-25-53(57)56-41-49(35-36-58(56)61)62(59-28-15-13-26-54(59)55-39-47-37-45(42-17-6-3-7-18-42)29-30-46(47)40-60(55)62)48-33-31-43(32-34-48)44-19-16-24-52(38-44)63(50-20-8-4-9-21-50)51-22-10-5-11-23-51/h3-41H,1-2H3. The van der Waals surface area contributed by atoms with Gasteiger partial charge in [0.2, 0.25) is 0 Å². The summed E-state index contributed by atoms with van der Waals surface area (Å²) in [4.78, 5) is 2.33. The van der Waals surface area contributed by atoms with Crippen LogP contribution in [0.5, 0.6) is 0 Å². The van der Waals surface area contributed by atoms with Crippen molar-refractivity contribution in [2.75, 3.05) is 4.90 Å². The Hall–Kier alpha value is -7.74. The predicted octanol–water partition coefficient (Wildman–Crippen LogP) is 16.3. The van der Waals surface area contributed by atoms with Gasteiger partial charge in [-0.15, -0.1) is 0 Å². The second kappa shape index (κ2) is 14.4. The summed E-state index contributed by atoms with van der Waals surface area (Å²) >= 11 is 0. The number of anilines is 3. The van der Waals surface area contributed by atoms with E-state index >= 15 is 0 Å². The molecule has 0 heterocycles. The molecule has 298 valence electrons. The third kappa shape index (κ3) is 5.77. The summed E-state index contributed by atoms with van der Waals surface area (Å²) in [5.41, 5.74) is 20.8. The maximum atomic E-state index is 2.52. The minimum absolute atomic E-state index is 0.0808. The number of hydrogen-bond donors (Lipinski definition) is 0. The molecule has 0 bridgehead atoms. The zero-order valence-electron chi connectivity index (χ0n) is 35.5. The number of para-hydroxylation sites is 2. The van der Waals surface area contributed by atoms with Gasteiger partial charge in [-0.25, -0.2) is 0 Å². The van der Waals surface area contributed by atoms with Gasteiger partial charge in [0, 0.05) is 22.5 Å². The van der Waals surface area contributed by atoms with Gasteiger partial charge >= 0.3 is 0 Å². The second-order valence-electron chi connectivity index (χ2n) is 17.7. The van der Waals surface area contributed by atoms with E-state index in [9.17, 15) is 0 Å². The molecule has 0 N–H and O–H groups in total. The van der Waals surface area contributed by atoms with E-state index in [1.807, 2.05) is 0 Å². The minimum atomic E-state index is -0.563. The first-order valence-electron chi connectivity index (χ1n) is 22.1. The van der Waals surface area contributed by atoms with Gasteiger partial charge in [-0.05, 0) is 149 Å². The lowest BCUT2D eigenvalue weighted by molar-refractivity contribution is 0.659. The Bertz CT molecular complexity index is 3310. The van der Waals surface area contributed by atoms with E-state index in [2.05, 4.69) is 255 Å². The van der Waals surface area contributed by atoms with Crippen molar-refractivity contribution in [2.24, 2.45) is 0 Å². The van der Waals surface area contributed by atoms with Gasteiger partial charge < -0.3 is 4.90 Å². The fraction of sp³-hybridized carbons (Fsp3) is 0.0645. The highest BCUT2D eigenvalue weighted by molar-refractivity contribution is 5.98. The molecule has 0 aromatic heterocycles. The summed E-state index contributed by atoms with van der Waals surface area (Å²) in [6.07, 6.45) is 0. The van der Waals surface area contributed by atoms with Crippen molar-refractivity contribution in [1.82, 2.24) is 0 Å². The van der Waals surface area contributed by atoms with Crippen molar-refractivity contribution in [3.63, 3.8) is 0 Å². The Kier molecular flexibility index (Phi) is 8.49. The van der Waals surface area contributed by atoms with E-state index in [1.165, 1.54) is 88.7 Å². The number of rotatable bonds is 7. The van der Waals surface area contributed by atoms with Gasteiger partial charge in [0.15, 0.2) is 0 Å². The topological polar surface area (TPSA) is 3.24 Å². The van der Waals surface area contributed by atoms with Crippen molar-refractivity contribution in [3.8, 4) is 44.5 Å². The number of benzene rings is 10. The van der Waals surface area contributed by atoms with Crippen LogP contribution in [-0.2, 0) is 10.8 Å². The maximum Gasteiger partial charge on any atom is 0.0714 e. The van der Waals surface area contributed by atoms with Crippen LogP contribution in [-0.4, -0.2) is 0 Å². The molecule has 0 saturated heterocycles. The molecular formula is C62H45N. The Labute approximate surface area is 370 Å². The fourth-order valence-electron chi connectivity index (χ4n) is 10.9. The van der Waals surface area contributed by atoms with Crippen molar-refractivity contribution in [1.29, 1.82) is 0 Å². The van der Waals surface area contributed by atoms with E-state index in [4.69, 9.17) is 0 Å². The van der Waals surface area contributed by atoms with E-state index in [-0.39, 0.29) is 5.41 Å². The summed E-state index contributed by atoms with van der Waals surface area (Å²) in [6.45, 7) is 4.74. The average molecular weight is 804 g/mol. The lowest BCUT2D eigenvalue weighted by atomic mass is 9.66. The zero-order chi connectivity index (χ0) is 42.1. The highest BCUT2D eigenvalue weighted by Crippen LogP contribution is 2.59. The van der Waals surface area contributed by atoms with Gasteiger partial charge in [-0.2, -0.15) is 0 Å². The third-order valence-corrected chi connectivity index (χ3v) is 13.9. The van der Waals surface area contributed by atoms with Crippen LogP contribution in [0.1, 0.15) is 47.2 Å². The lowest BCUT2D eigenvalue weighted by Crippen LogP contribution is -2.29. The normalized spacial score (nSPS) is 15.3. The Morgan fingerprint density at radius 3 is 1.51 bits per heavy atom. The smallest absolute Gasteiger partial charge is 0.0714 e. The first-order chi connectivity index (χ1) is 31.0. The maximum absolute atomic E-state index is 2.52. The van der Waals surface area contributed by atoms with Crippen molar-refractivity contribution in [3.05, 3.63) is 270 Å². The molecule has 0 radical (unpaired) electrons. The summed E-state index contributed by atoms with van der Waals surface area (Å²) < 4.78 is 0. The van der Waals surface area contributed by atoms with Crippen LogP contribution < -0.4 is 4.90 Å². The molecule has 63 heavy (non-hydrogen) atoms. The Morgan fingerprint density at radius 2 is 0.794 bits per heavy atom. The van der Waals surface area contributed by atoms with Crippen LogP contribution in [0.15, 0.2) is 237 Å². The Balaban J connectivity index is 1.05. The highest BCUT2D eigenvalue weighted by Gasteiger charge is 2.47. The zero-order valence-corrected chi connectivity index (χ0v) is 35.5. The van der Waals surface area contributed by atoms with Crippen LogP contribution in [0, 0.1) is 0 Å². The molecule has 0 spiro atoms. The number of fused-ring (bicyclic) bond motifs is 7.